The van der Waals surface area contributed by atoms with E-state index in [1.165, 1.54) is 5.57 Å². The van der Waals surface area contributed by atoms with E-state index in [1.54, 1.807) is 0 Å². The predicted molar refractivity (Wildman–Crippen MR) is 137 cm³/mol. The number of nitrogens with zero attached hydrogens (tertiary/aromatic N) is 1. The molecule has 0 radical (unpaired) electrons. The molecule has 2 aliphatic carbocycles. The van der Waals surface area contributed by atoms with E-state index in [0.29, 0.717) is 18.3 Å². The quantitative estimate of drug-likeness (QED) is 0.437. The molecule has 6 nitrogen and oxygen atoms in total. The molecule has 2 N–H and O–H groups in total. The Morgan fingerprint density at radius 2 is 1.86 bits per heavy atom. The third-order valence-electron chi connectivity index (χ3n) is 8.54. The molecule has 0 aromatic carbocycles. The summed E-state index contributed by atoms with van der Waals surface area (Å²) in [7, 11) is 0. The van der Waals surface area contributed by atoms with Crippen molar-refractivity contribution in [2.24, 2.45) is 29.1 Å². The van der Waals surface area contributed by atoms with Crippen molar-refractivity contribution in [3.05, 3.63) is 23.8 Å². The van der Waals surface area contributed by atoms with E-state index in [9.17, 15) is 19.8 Å². The van der Waals surface area contributed by atoms with Gasteiger partial charge in [-0.3, -0.25) is 9.59 Å². The molecule has 1 amide bonds. The molecule has 35 heavy (non-hydrogen) atoms. The summed E-state index contributed by atoms with van der Waals surface area (Å²) in [6, 6.07) is 0. The lowest BCUT2D eigenvalue weighted by atomic mass is 9.65. The first kappa shape index (κ1) is 27.9. The minimum Gasteiger partial charge on any atom is -0.461 e. The Hall–Kier alpha value is -1.66. The Kier molecular flexibility index (Phi) is 9.61. The Morgan fingerprint density at radius 3 is 2.51 bits per heavy atom. The number of likely N-dealkylation sites (tertiary alicyclic amines) is 1. The summed E-state index contributed by atoms with van der Waals surface area (Å²) in [5, 5.41) is 21.1. The number of allylic oxidation sites excluding steroid dienone is 3. The van der Waals surface area contributed by atoms with E-state index in [-0.39, 0.29) is 42.7 Å². The Balaban J connectivity index is 1.61. The first-order chi connectivity index (χ1) is 16.5. The van der Waals surface area contributed by atoms with Crippen molar-refractivity contribution in [1.29, 1.82) is 0 Å². The number of aliphatic hydroxyl groups excluding tert-OH is 2. The minimum atomic E-state index is -0.822. The topological polar surface area (TPSA) is 87.1 Å². The monoisotopic (exact) mass is 489 g/mol. The number of rotatable bonds is 10. The van der Waals surface area contributed by atoms with E-state index in [1.807, 2.05) is 25.7 Å². The second kappa shape index (κ2) is 12.1. The largest absolute Gasteiger partial charge is 0.461 e. The first-order valence-corrected chi connectivity index (χ1v) is 13.8. The fourth-order valence-electron chi connectivity index (χ4n) is 5.86. The van der Waals surface area contributed by atoms with E-state index >= 15 is 0 Å². The van der Waals surface area contributed by atoms with Gasteiger partial charge in [-0.1, -0.05) is 39.0 Å². The zero-order valence-electron chi connectivity index (χ0n) is 22.4. The van der Waals surface area contributed by atoms with Crippen molar-refractivity contribution in [3.63, 3.8) is 0 Å². The van der Waals surface area contributed by atoms with E-state index in [2.05, 4.69) is 32.1 Å². The fourth-order valence-corrected chi connectivity index (χ4v) is 5.86. The molecule has 6 heteroatoms. The second-order valence-electron chi connectivity index (χ2n) is 11.9. The number of ether oxygens (including phenoxy) is 1. The summed E-state index contributed by atoms with van der Waals surface area (Å²) in [5.41, 5.74) is 0.736. The molecule has 0 aromatic heterocycles. The van der Waals surface area contributed by atoms with Crippen LogP contribution in [0.1, 0.15) is 86.0 Å². The average Bonchev–Trinajstić information content (AvgIpc) is 3.33. The van der Waals surface area contributed by atoms with Crippen LogP contribution in [0.3, 0.4) is 0 Å². The summed E-state index contributed by atoms with van der Waals surface area (Å²) < 4.78 is 6.17. The van der Waals surface area contributed by atoms with Gasteiger partial charge >= 0.3 is 5.97 Å². The van der Waals surface area contributed by atoms with Gasteiger partial charge in [-0.2, -0.15) is 0 Å². The number of esters is 1. The summed E-state index contributed by atoms with van der Waals surface area (Å²) in [4.78, 5) is 27.1. The van der Waals surface area contributed by atoms with Crippen LogP contribution in [0.15, 0.2) is 23.8 Å². The molecule has 1 saturated heterocycles. The van der Waals surface area contributed by atoms with Crippen LogP contribution >= 0.6 is 0 Å². The molecule has 7 unspecified atom stereocenters. The molecule has 1 aliphatic heterocycles. The smallest absolute Gasteiger partial charge is 0.311 e. The zero-order chi connectivity index (χ0) is 25.8. The highest BCUT2D eigenvalue weighted by atomic mass is 16.5. The molecule has 198 valence electrons. The van der Waals surface area contributed by atoms with Gasteiger partial charge in [0.1, 0.15) is 6.10 Å². The molecular weight excluding hydrogens is 442 g/mol. The van der Waals surface area contributed by atoms with Gasteiger partial charge in [-0.25, -0.2) is 0 Å². The third kappa shape index (κ3) is 7.19. The van der Waals surface area contributed by atoms with Crippen LogP contribution in [0.5, 0.6) is 0 Å². The van der Waals surface area contributed by atoms with Gasteiger partial charge < -0.3 is 19.8 Å². The van der Waals surface area contributed by atoms with Crippen molar-refractivity contribution < 1.29 is 24.5 Å². The molecule has 0 spiro atoms. The van der Waals surface area contributed by atoms with Crippen molar-refractivity contribution in [1.82, 2.24) is 4.90 Å². The molecule has 0 saturated carbocycles. The predicted octanol–water partition coefficient (Wildman–Crippen LogP) is 4.64. The number of amides is 1. The van der Waals surface area contributed by atoms with Gasteiger partial charge in [0.25, 0.3) is 0 Å². The van der Waals surface area contributed by atoms with Crippen LogP contribution in [0.2, 0.25) is 0 Å². The van der Waals surface area contributed by atoms with E-state index in [4.69, 9.17) is 4.74 Å². The van der Waals surface area contributed by atoms with Gasteiger partial charge in [0.2, 0.25) is 5.91 Å². The molecule has 3 rings (SSSR count). The highest BCUT2D eigenvalue weighted by Gasteiger charge is 2.42. The molecule has 0 bridgehead atoms. The van der Waals surface area contributed by atoms with Crippen molar-refractivity contribution in [3.8, 4) is 0 Å². The minimum absolute atomic E-state index is 0.0148. The SMILES string of the molecule is CCC(C)(C)C(=O)OC1CC(C)C=C2C=CC(C)C(CCC(O)CC(O)CC(=O)N3CCCC3)C21. The molecule has 7 atom stereocenters. The number of carbonyl (C=O) groups excluding carboxylic acids is 2. The first-order valence-electron chi connectivity index (χ1n) is 13.8. The lowest BCUT2D eigenvalue weighted by molar-refractivity contribution is -0.164. The Morgan fingerprint density at radius 1 is 1.17 bits per heavy atom. The maximum absolute atomic E-state index is 12.9. The second-order valence-corrected chi connectivity index (χ2v) is 11.9. The Bertz CT molecular complexity index is 797. The maximum Gasteiger partial charge on any atom is 0.311 e. The molecular formula is C29H47NO5. The summed E-state index contributed by atoms with van der Waals surface area (Å²) in [5.74, 6) is 0.872. The van der Waals surface area contributed by atoms with Gasteiger partial charge in [-0.05, 0) is 82.1 Å². The van der Waals surface area contributed by atoms with Gasteiger partial charge in [-0.15, -0.1) is 0 Å². The standard InChI is InChI=1S/C29H47NO5/c1-6-29(4,5)28(34)35-25-16-19(2)15-21-10-9-20(3)24(27(21)25)12-11-22(31)17-23(32)18-26(33)30-13-7-8-14-30/h9-10,15,19-20,22-25,27,31-32H,6-8,11-14,16-18H2,1-5H3. The van der Waals surface area contributed by atoms with Crippen LogP contribution in [0.25, 0.3) is 0 Å². The van der Waals surface area contributed by atoms with Crippen molar-refractivity contribution in [2.45, 2.75) is 104 Å². The number of aliphatic hydroxyl groups is 2. The molecule has 0 aromatic rings. The fraction of sp³-hybridized carbons (Fsp3) is 0.793. The van der Waals surface area contributed by atoms with Gasteiger partial charge in [0, 0.05) is 19.0 Å². The maximum atomic E-state index is 12.9. The Labute approximate surface area is 211 Å². The number of hydrogen-bond acceptors (Lipinski definition) is 5. The van der Waals surface area contributed by atoms with Crippen molar-refractivity contribution in [2.75, 3.05) is 13.1 Å². The van der Waals surface area contributed by atoms with Crippen LogP contribution in [0.4, 0.5) is 0 Å². The summed E-state index contributed by atoms with van der Waals surface area (Å²) in [6.07, 6.45) is 10.3. The highest BCUT2D eigenvalue weighted by molar-refractivity contribution is 5.77. The molecule has 3 aliphatic rings. The normalized spacial score (nSPS) is 30.4. The average molecular weight is 490 g/mol. The molecule has 1 heterocycles. The van der Waals surface area contributed by atoms with Crippen LogP contribution in [-0.2, 0) is 14.3 Å². The summed E-state index contributed by atoms with van der Waals surface area (Å²) in [6.45, 7) is 11.8. The lowest BCUT2D eigenvalue weighted by Crippen LogP contribution is -2.43. The van der Waals surface area contributed by atoms with Crippen LogP contribution in [-0.4, -0.2) is 58.4 Å². The summed E-state index contributed by atoms with van der Waals surface area (Å²) >= 11 is 0. The van der Waals surface area contributed by atoms with Gasteiger partial charge in [0.05, 0.1) is 24.0 Å². The molecule has 1 fully saturated rings. The highest BCUT2D eigenvalue weighted by Crippen LogP contribution is 2.45. The third-order valence-corrected chi connectivity index (χ3v) is 8.54. The van der Waals surface area contributed by atoms with Crippen LogP contribution < -0.4 is 0 Å². The number of fused-ring (bicyclic) bond motifs is 1. The van der Waals surface area contributed by atoms with E-state index < -0.39 is 17.6 Å². The lowest BCUT2D eigenvalue weighted by Gasteiger charge is -2.44. The van der Waals surface area contributed by atoms with Crippen LogP contribution in [0, 0.1) is 29.1 Å². The number of hydrogen-bond donors (Lipinski definition) is 2. The van der Waals surface area contributed by atoms with E-state index in [0.717, 1.165) is 45.2 Å². The van der Waals surface area contributed by atoms with Gasteiger partial charge in [0.15, 0.2) is 0 Å². The number of carbonyl (C=O) groups is 2. The van der Waals surface area contributed by atoms with Crippen molar-refractivity contribution >= 4 is 11.9 Å². The zero-order valence-corrected chi connectivity index (χ0v) is 22.4.